The Morgan fingerprint density at radius 3 is 2.74 bits per heavy atom. The highest BCUT2D eigenvalue weighted by molar-refractivity contribution is 5.96. The van der Waals surface area contributed by atoms with Crippen LogP contribution in [0.4, 0.5) is 11.4 Å². The Morgan fingerprint density at radius 2 is 2.16 bits per heavy atom. The summed E-state index contributed by atoms with van der Waals surface area (Å²) in [7, 11) is 3.05. The van der Waals surface area contributed by atoms with E-state index in [1.54, 1.807) is 19.2 Å². The number of rotatable bonds is 6. The van der Waals surface area contributed by atoms with Crippen LogP contribution in [0.5, 0.6) is 0 Å². The normalized spacial score (nSPS) is 14.2. The predicted molar refractivity (Wildman–Crippen MR) is 74.4 cm³/mol. The highest BCUT2D eigenvalue weighted by Crippen LogP contribution is 2.32. The number of carbonyl (C=O) groups excluding carboxylic acids is 1. The summed E-state index contributed by atoms with van der Waals surface area (Å²) in [5.41, 5.74) is 7.67. The van der Waals surface area contributed by atoms with Gasteiger partial charge in [0.1, 0.15) is 0 Å². The fourth-order valence-electron chi connectivity index (χ4n) is 2.11. The third-order valence-corrected chi connectivity index (χ3v) is 3.30. The summed E-state index contributed by atoms with van der Waals surface area (Å²) >= 11 is 0. The van der Waals surface area contributed by atoms with Crippen molar-refractivity contribution in [3.05, 3.63) is 23.8 Å². The van der Waals surface area contributed by atoms with E-state index in [9.17, 15) is 4.79 Å². The maximum absolute atomic E-state index is 11.7. The number of hydrogen-bond donors (Lipinski definition) is 1. The zero-order chi connectivity index (χ0) is 13.8. The molecule has 0 unspecified atom stereocenters. The van der Waals surface area contributed by atoms with Gasteiger partial charge in [-0.1, -0.05) is 0 Å². The number of methoxy groups -OCH3 is 2. The summed E-state index contributed by atoms with van der Waals surface area (Å²) in [5, 5.41) is 0. The molecular formula is C14H20N2O3. The quantitative estimate of drug-likeness (QED) is 0.625. The summed E-state index contributed by atoms with van der Waals surface area (Å²) in [6.45, 7) is 1.47. The van der Waals surface area contributed by atoms with E-state index in [4.69, 9.17) is 15.2 Å². The van der Waals surface area contributed by atoms with Crippen LogP contribution in [-0.2, 0) is 9.47 Å². The summed E-state index contributed by atoms with van der Waals surface area (Å²) < 4.78 is 9.88. The van der Waals surface area contributed by atoms with Gasteiger partial charge in [-0.25, -0.2) is 4.79 Å². The van der Waals surface area contributed by atoms with Crippen molar-refractivity contribution in [3.8, 4) is 0 Å². The molecule has 0 heterocycles. The molecule has 1 aromatic rings. The van der Waals surface area contributed by atoms with Gasteiger partial charge >= 0.3 is 5.97 Å². The molecule has 1 aromatic carbocycles. The van der Waals surface area contributed by atoms with Crippen molar-refractivity contribution in [2.45, 2.75) is 18.9 Å². The second-order valence-electron chi connectivity index (χ2n) is 4.68. The average molecular weight is 264 g/mol. The Balaban J connectivity index is 2.24. The Morgan fingerprint density at radius 1 is 1.42 bits per heavy atom. The maximum atomic E-state index is 11.7. The number of nitrogen functional groups attached to an aromatic ring is 1. The molecule has 0 radical (unpaired) electrons. The molecular weight excluding hydrogens is 244 g/mol. The molecule has 5 nitrogen and oxygen atoms in total. The van der Waals surface area contributed by atoms with Gasteiger partial charge in [0.2, 0.25) is 0 Å². The maximum Gasteiger partial charge on any atom is 0.340 e. The second kappa shape index (κ2) is 5.93. The average Bonchev–Trinajstić information content (AvgIpc) is 3.24. The van der Waals surface area contributed by atoms with Gasteiger partial charge in [0.25, 0.3) is 0 Å². The van der Waals surface area contributed by atoms with Crippen LogP contribution in [0.1, 0.15) is 23.2 Å². The molecule has 1 fully saturated rings. The lowest BCUT2D eigenvalue weighted by Gasteiger charge is -2.25. The lowest BCUT2D eigenvalue weighted by atomic mass is 10.1. The predicted octanol–water partition coefficient (Wildman–Crippen LogP) is 1.67. The van der Waals surface area contributed by atoms with E-state index in [2.05, 4.69) is 4.90 Å². The largest absolute Gasteiger partial charge is 0.465 e. The third-order valence-electron chi connectivity index (χ3n) is 3.30. The van der Waals surface area contributed by atoms with Gasteiger partial charge in [0, 0.05) is 31.1 Å². The molecule has 1 aliphatic carbocycles. The molecule has 0 spiro atoms. The first-order valence-corrected chi connectivity index (χ1v) is 6.40. The number of hydrogen-bond acceptors (Lipinski definition) is 5. The molecule has 0 bridgehead atoms. The van der Waals surface area contributed by atoms with E-state index in [0.29, 0.717) is 23.9 Å². The summed E-state index contributed by atoms with van der Waals surface area (Å²) in [6.07, 6.45) is 2.36. The van der Waals surface area contributed by atoms with Crippen molar-refractivity contribution in [1.82, 2.24) is 0 Å². The first kappa shape index (κ1) is 13.7. The van der Waals surface area contributed by atoms with Gasteiger partial charge in [0.15, 0.2) is 0 Å². The monoisotopic (exact) mass is 264 g/mol. The number of nitrogens with zero attached hydrogens (tertiary/aromatic N) is 1. The van der Waals surface area contributed by atoms with Crippen LogP contribution in [0.15, 0.2) is 18.2 Å². The molecule has 2 rings (SSSR count). The van der Waals surface area contributed by atoms with E-state index >= 15 is 0 Å². The van der Waals surface area contributed by atoms with Crippen molar-refractivity contribution in [1.29, 1.82) is 0 Å². The minimum atomic E-state index is -0.401. The van der Waals surface area contributed by atoms with Crippen LogP contribution >= 0.6 is 0 Å². The zero-order valence-corrected chi connectivity index (χ0v) is 11.4. The van der Waals surface area contributed by atoms with Gasteiger partial charge in [0.05, 0.1) is 19.3 Å². The summed E-state index contributed by atoms with van der Waals surface area (Å²) in [5.74, 6) is -0.401. The van der Waals surface area contributed by atoms with Crippen molar-refractivity contribution >= 4 is 17.3 Å². The molecule has 19 heavy (non-hydrogen) atoms. The van der Waals surface area contributed by atoms with Gasteiger partial charge in [-0.3, -0.25) is 0 Å². The molecule has 0 aliphatic heterocycles. The lowest BCUT2D eigenvalue weighted by molar-refractivity contribution is 0.0602. The standard InChI is InChI=1S/C14H20N2O3/c1-18-8-7-16(10-3-4-10)11-5-6-13(15)12(9-11)14(17)19-2/h5-6,9-10H,3-4,7-8,15H2,1-2H3. The van der Waals surface area contributed by atoms with Gasteiger partial charge in [-0.2, -0.15) is 0 Å². The van der Waals surface area contributed by atoms with Crippen molar-refractivity contribution in [2.75, 3.05) is 38.0 Å². The highest BCUT2D eigenvalue weighted by atomic mass is 16.5. The van der Waals surface area contributed by atoms with Crippen molar-refractivity contribution in [2.24, 2.45) is 0 Å². The number of carbonyl (C=O) groups is 1. The van der Waals surface area contributed by atoms with Crippen molar-refractivity contribution < 1.29 is 14.3 Å². The number of nitrogens with two attached hydrogens (primary N) is 1. The van der Waals surface area contributed by atoms with Crippen LogP contribution in [0.25, 0.3) is 0 Å². The third kappa shape index (κ3) is 3.17. The highest BCUT2D eigenvalue weighted by Gasteiger charge is 2.29. The van der Waals surface area contributed by atoms with E-state index in [1.165, 1.54) is 20.0 Å². The van der Waals surface area contributed by atoms with Crippen LogP contribution in [-0.4, -0.2) is 39.4 Å². The van der Waals surface area contributed by atoms with Crippen LogP contribution in [0.2, 0.25) is 0 Å². The van der Waals surface area contributed by atoms with Crippen molar-refractivity contribution in [3.63, 3.8) is 0 Å². The Labute approximate surface area is 113 Å². The van der Waals surface area contributed by atoms with E-state index in [0.717, 1.165) is 12.2 Å². The molecule has 2 N–H and O–H groups in total. The molecule has 0 atom stereocenters. The molecule has 0 aromatic heterocycles. The van der Waals surface area contributed by atoms with E-state index < -0.39 is 5.97 Å². The first-order chi connectivity index (χ1) is 9.17. The van der Waals surface area contributed by atoms with Gasteiger partial charge in [-0.15, -0.1) is 0 Å². The van der Waals surface area contributed by atoms with E-state index in [-0.39, 0.29) is 0 Å². The molecule has 0 saturated heterocycles. The Hall–Kier alpha value is -1.75. The minimum absolute atomic E-state index is 0.401. The molecule has 5 heteroatoms. The number of benzene rings is 1. The smallest absolute Gasteiger partial charge is 0.340 e. The van der Waals surface area contributed by atoms with Gasteiger partial charge < -0.3 is 20.1 Å². The summed E-state index contributed by atoms with van der Waals surface area (Å²) in [4.78, 5) is 13.9. The Kier molecular flexibility index (Phi) is 4.27. The topological polar surface area (TPSA) is 64.8 Å². The van der Waals surface area contributed by atoms with Crippen LogP contribution in [0.3, 0.4) is 0 Å². The Bertz CT molecular complexity index is 458. The lowest BCUT2D eigenvalue weighted by Crippen LogP contribution is -2.29. The number of anilines is 2. The molecule has 0 amide bonds. The summed E-state index contributed by atoms with van der Waals surface area (Å²) in [6, 6.07) is 6.04. The fraction of sp³-hybridized carbons (Fsp3) is 0.500. The minimum Gasteiger partial charge on any atom is -0.465 e. The number of esters is 1. The molecule has 1 aliphatic rings. The molecule has 104 valence electrons. The number of ether oxygens (including phenoxy) is 2. The van der Waals surface area contributed by atoms with E-state index in [1.807, 2.05) is 6.07 Å². The second-order valence-corrected chi connectivity index (χ2v) is 4.68. The van der Waals surface area contributed by atoms with Crippen LogP contribution in [0, 0.1) is 0 Å². The van der Waals surface area contributed by atoms with Crippen LogP contribution < -0.4 is 10.6 Å². The zero-order valence-electron chi connectivity index (χ0n) is 11.4. The fourth-order valence-corrected chi connectivity index (χ4v) is 2.11. The van der Waals surface area contributed by atoms with Gasteiger partial charge in [-0.05, 0) is 31.0 Å². The SMILES string of the molecule is COCCN(c1ccc(N)c(C(=O)OC)c1)C1CC1. The molecule has 1 saturated carbocycles. The first-order valence-electron chi connectivity index (χ1n) is 6.40.